The van der Waals surface area contributed by atoms with Crippen LogP contribution in [0.4, 0.5) is 0 Å². The van der Waals surface area contributed by atoms with Crippen LogP contribution in [0.3, 0.4) is 0 Å². The summed E-state index contributed by atoms with van der Waals surface area (Å²) in [6, 6.07) is 5.10. The number of hydrogen-bond acceptors (Lipinski definition) is 4. The van der Waals surface area contributed by atoms with Crippen molar-refractivity contribution in [2.75, 3.05) is 0 Å². The molecule has 0 saturated carbocycles. The molecule has 0 bridgehead atoms. The third-order valence-electron chi connectivity index (χ3n) is 2.84. The van der Waals surface area contributed by atoms with Crippen LogP contribution in [0.2, 0.25) is 0 Å². The molecule has 0 aromatic heterocycles. The zero-order valence-electron chi connectivity index (χ0n) is 12.5. The van der Waals surface area contributed by atoms with Gasteiger partial charge in [-0.1, -0.05) is 32.8 Å². The Labute approximate surface area is 133 Å². The molecule has 116 valence electrons. The first-order valence-electron chi connectivity index (χ1n) is 7.28. The van der Waals surface area contributed by atoms with E-state index in [9.17, 15) is 9.59 Å². The van der Waals surface area contributed by atoms with Crippen LogP contribution < -0.4 is 9.47 Å². The summed E-state index contributed by atoms with van der Waals surface area (Å²) in [6.07, 6.45) is 4.09. The van der Waals surface area contributed by atoms with Crippen molar-refractivity contribution in [3.8, 4) is 11.5 Å². The second-order valence-corrected chi connectivity index (χ2v) is 5.58. The van der Waals surface area contributed by atoms with Gasteiger partial charge in [0.15, 0.2) is 11.5 Å². The van der Waals surface area contributed by atoms with E-state index in [4.69, 9.17) is 9.47 Å². The number of esters is 2. The van der Waals surface area contributed by atoms with Crippen molar-refractivity contribution in [2.45, 2.75) is 52.4 Å². The standard InChI is InChI=1S/C16H21BrO4/c1-3-5-10-14(18)20-13-9-7-8-12(17)16(13)21-15(19)11-6-4-2/h7-9H,3-6,10-11H2,1-2H3. The van der Waals surface area contributed by atoms with E-state index in [1.165, 1.54) is 0 Å². The zero-order valence-corrected chi connectivity index (χ0v) is 14.1. The van der Waals surface area contributed by atoms with Gasteiger partial charge in [-0.25, -0.2) is 0 Å². The normalized spacial score (nSPS) is 10.2. The smallest absolute Gasteiger partial charge is 0.311 e. The number of hydrogen-bond donors (Lipinski definition) is 0. The Hall–Kier alpha value is -1.36. The summed E-state index contributed by atoms with van der Waals surface area (Å²) in [5.41, 5.74) is 0. The average molecular weight is 357 g/mol. The summed E-state index contributed by atoms with van der Waals surface area (Å²) < 4.78 is 11.2. The van der Waals surface area contributed by atoms with Crippen LogP contribution in [0.5, 0.6) is 11.5 Å². The highest BCUT2D eigenvalue weighted by atomic mass is 79.9. The van der Waals surface area contributed by atoms with Gasteiger partial charge in [0.05, 0.1) is 4.47 Å². The number of benzene rings is 1. The number of ether oxygens (including phenoxy) is 2. The van der Waals surface area contributed by atoms with Crippen molar-refractivity contribution in [3.05, 3.63) is 22.7 Å². The first kappa shape index (κ1) is 17.7. The van der Waals surface area contributed by atoms with Crippen LogP contribution in [0, 0.1) is 0 Å². The van der Waals surface area contributed by atoms with Gasteiger partial charge in [0.25, 0.3) is 0 Å². The van der Waals surface area contributed by atoms with E-state index in [1.807, 2.05) is 13.8 Å². The Bertz CT molecular complexity index is 485. The lowest BCUT2D eigenvalue weighted by atomic mass is 10.2. The number of carbonyl (C=O) groups excluding carboxylic acids is 2. The van der Waals surface area contributed by atoms with E-state index in [0.717, 1.165) is 25.7 Å². The van der Waals surface area contributed by atoms with E-state index >= 15 is 0 Å². The van der Waals surface area contributed by atoms with E-state index < -0.39 is 0 Å². The van der Waals surface area contributed by atoms with Crippen molar-refractivity contribution in [1.82, 2.24) is 0 Å². The van der Waals surface area contributed by atoms with Crippen LogP contribution in [0.25, 0.3) is 0 Å². The molecule has 0 aliphatic heterocycles. The van der Waals surface area contributed by atoms with Crippen LogP contribution in [-0.4, -0.2) is 11.9 Å². The summed E-state index contributed by atoms with van der Waals surface area (Å²) in [7, 11) is 0. The molecule has 0 heterocycles. The van der Waals surface area contributed by atoms with Crippen molar-refractivity contribution in [3.63, 3.8) is 0 Å². The number of para-hydroxylation sites is 1. The molecule has 1 aromatic carbocycles. The maximum absolute atomic E-state index is 11.8. The first-order chi connectivity index (χ1) is 10.1. The fourth-order valence-electron chi connectivity index (χ4n) is 1.65. The highest BCUT2D eigenvalue weighted by Gasteiger charge is 2.16. The SMILES string of the molecule is CCCCC(=O)Oc1cccc(Br)c1OC(=O)CCCC. The average Bonchev–Trinajstić information content (AvgIpc) is 2.46. The minimum absolute atomic E-state index is 0.267. The van der Waals surface area contributed by atoms with Gasteiger partial charge >= 0.3 is 11.9 Å². The van der Waals surface area contributed by atoms with E-state index in [0.29, 0.717) is 17.3 Å². The molecule has 0 N–H and O–H groups in total. The molecule has 5 heteroatoms. The highest BCUT2D eigenvalue weighted by Crippen LogP contribution is 2.35. The molecule has 0 unspecified atom stereocenters. The number of rotatable bonds is 8. The van der Waals surface area contributed by atoms with Crippen LogP contribution in [-0.2, 0) is 9.59 Å². The van der Waals surface area contributed by atoms with Crippen LogP contribution in [0.1, 0.15) is 52.4 Å². The summed E-state index contributed by atoms with van der Waals surface area (Å²) in [4.78, 5) is 23.5. The third-order valence-corrected chi connectivity index (χ3v) is 3.46. The predicted octanol–water partition coefficient (Wildman–Crippen LogP) is 4.64. The molecule has 0 spiro atoms. The van der Waals surface area contributed by atoms with Gasteiger partial charge in [0.2, 0.25) is 0 Å². The minimum atomic E-state index is -0.324. The fraction of sp³-hybridized carbons (Fsp3) is 0.500. The van der Waals surface area contributed by atoms with Gasteiger partial charge in [-0.3, -0.25) is 9.59 Å². The molecule has 21 heavy (non-hydrogen) atoms. The monoisotopic (exact) mass is 356 g/mol. The lowest BCUT2D eigenvalue weighted by Crippen LogP contribution is -2.12. The quantitative estimate of drug-likeness (QED) is 0.502. The second-order valence-electron chi connectivity index (χ2n) is 4.72. The minimum Gasteiger partial charge on any atom is -0.422 e. The van der Waals surface area contributed by atoms with Crippen molar-refractivity contribution in [2.24, 2.45) is 0 Å². The van der Waals surface area contributed by atoms with Crippen molar-refractivity contribution in [1.29, 1.82) is 0 Å². The maximum atomic E-state index is 11.8. The van der Waals surface area contributed by atoms with Crippen molar-refractivity contribution < 1.29 is 19.1 Å². The lowest BCUT2D eigenvalue weighted by molar-refractivity contribution is -0.137. The zero-order chi connectivity index (χ0) is 15.7. The highest BCUT2D eigenvalue weighted by molar-refractivity contribution is 9.10. The molecule has 0 aliphatic carbocycles. The summed E-state index contributed by atoms with van der Waals surface area (Å²) in [5, 5.41) is 0. The second kappa shape index (κ2) is 9.55. The molecule has 1 aromatic rings. The van der Waals surface area contributed by atoms with Gasteiger partial charge in [0.1, 0.15) is 0 Å². The van der Waals surface area contributed by atoms with Gasteiger partial charge in [0, 0.05) is 12.8 Å². The summed E-state index contributed by atoms with van der Waals surface area (Å²) >= 11 is 3.32. The Morgan fingerprint density at radius 2 is 1.57 bits per heavy atom. The van der Waals surface area contributed by atoms with Gasteiger partial charge in [-0.05, 0) is 40.9 Å². The third kappa shape index (κ3) is 6.29. The molecule has 0 saturated heterocycles. The Morgan fingerprint density at radius 1 is 1.00 bits per heavy atom. The molecule has 4 nitrogen and oxygen atoms in total. The molecule has 0 aliphatic rings. The van der Waals surface area contributed by atoms with Gasteiger partial charge in [-0.15, -0.1) is 0 Å². The summed E-state index contributed by atoms with van der Waals surface area (Å²) in [6.45, 7) is 4.01. The van der Waals surface area contributed by atoms with E-state index in [2.05, 4.69) is 15.9 Å². The Morgan fingerprint density at radius 3 is 2.14 bits per heavy atom. The van der Waals surface area contributed by atoms with Gasteiger partial charge in [-0.2, -0.15) is 0 Å². The maximum Gasteiger partial charge on any atom is 0.311 e. The molecule has 0 fully saturated rings. The largest absolute Gasteiger partial charge is 0.422 e. The Balaban J connectivity index is 2.77. The molecular weight excluding hydrogens is 336 g/mol. The van der Waals surface area contributed by atoms with E-state index in [-0.39, 0.29) is 23.4 Å². The Kier molecular flexibility index (Phi) is 8.05. The molecule has 1 rings (SSSR count). The molecular formula is C16H21BrO4. The molecule has 0 atom stereocenters. The topological polar surface area (TPSA) is 52.6 Å². The van der Waals surface area contributed by atoms with E-state index in [1.54, 1.807) is 18.2 Å². The fourth-order valence-corrected chi connectivity index (χ4v) is 2.08. The first-order valence-corrected chi connectivity index (χ1v) is 8.07. The number of halogens is 1. The lowest BCUT2D eigenvalue weighted by Gasteiger charge is -2.12. The molecule has 0 radical (unpaired) electrons. The van der Waals surface area contributed by atoms with Gasteiger partial charge < -0.3 is 9.47 Å². The van der Waals surface area contributed by atoms with Crippen LogP contribution in [0.15, 0.2) is 22.7 Å². The van der Waals surface area contributed by atoms with Crippen LogP contribution >= 0.6 is 15.9 Å². The summed E-state index contributed by atoms with van der Waals surface area (Å²) in [5.74, 6) is -0.103. The van der Waals surface area contributed by atoms with Crippen molar-refractivity contribution >= 4 is 27.9 Å². The predicted molar refractivity (Wildman–Crippen MR) is 84.5 cm³/mol. The number of carbonyl (C=O) groups is 2. The molecule has 0 amide bonds. The number of unbranched alkanes of at least 4 members (excludes halogenated alkanes) is 2.